The minimum atomic E-state index is 0.519. The van der Waals surface area contributed by atoms with Gasteiger partial charge in [0.05, 0.1) is 0 Å². The molecule has 0 nitrogen and oxygen atoms in total. The van der Waals surface area contributed by atoms with Crippen molar-refractivity contribution in [3.63, 3.8) is 0 Å². The van der Waals surface area contributed by atoms with E-state index in [0.717, 1.165) is 28.6 Å². The SMILES string of the molecule is CC(C(C)(C)C)C12CC3CC1C32C. The summed E-state index contributed by atoms with van der Waals surface area (Å²) in [5.74, 6) is 3.18. The minimum Gasteiger partial charge on any atom is -0.0614 e. The molecule has 0 aliphatic heterocycles. The predicted molar refractivity (Wildman–Crippen MR) is 55.4 cm³/mol. The average Bonchev–Trinajstić information content (AvgIpc) is 2.48. The van der Waals surface area contributed by atoms with Crippen LogP contribution in [-0.2, 0) is 0 Å². The fourth-order valence-corrected chi connectivity index (χ4v) is 4.99. The molecule has 0 amide bonds. The van der Waals surface area contributed by atoms with Gasteiger partial charge in [-0.05, 0) is 46.8 Å². The lowest BCUT2D eigenvalue weighted by Crippen LogP contribution is -2.42. The van der Waals surface area contributed by atoms with Crippen molar-refractivity contribution in [2.24, 2.45) is 34.0 Å². The smallest absolute Gasteiger partial charge is 0.0171 e. The van der Waals surface area contributed by atoms with E-state index in [0.29, 0.717) is 5.41 Å². The van der Waals surface area contributed by atoms with Crippen molar-refractivity contribution >= 4 is 0 Å². The third-order valence-corrected chi connectivity index (χ3v) is 6.29. The normalized spacial score (nSPS) is 58.8. The summed E-state index contributed by atoms with van der Waals surface area (Å²) in [5, 5.41) is 0. The Kier molecular flexibility index (Phi) is 1.10. The topological polar surface area (TPSA) is 0 Å². The molecule has 0 aromatic carbocycles. The van der Waals surface area contributed by atoms with Crippen LogP contribution >= 0.6 is 0 Å². The third kappa shape index (κ3) is 0.567. The lowest BCUT2D eigenvalue weighted by Gasteiger charge is -2.48. The zero-order valence-corrected chi connectivity index (χ0v) is 9.65. The van der Waals surface area contributed by atoms with Crippen molar-refractivity contribution in [2.45, 2.75) is 47.5 Å². The van der Waals surface area contributed by atoms with E-state index in [4.69, 9.17) is 0 Å². The van der Waals surface area contributed by atoms with Gasteiger partial charge in [0.15, 0.2) is 0 Å². The Morgan fingerprint density at radius 3 is 2.15 bits per heavy atom. The quantitative estimate of drug-likeness (QED) is 0.574. The number of hydrogen-bond donors (Lipinski definition) is 0. The summed E-state index contributed by atoms with van der Waals surface area (Å²) in [6.45, 7) is 12.3. The fraction of sp³-hybridized carbons (Fsp3) is 1.00. The summed E-state index contributed by atoms with van der Waals surface area (Å²) >= 11 is 0. The van der Waals surface area contributed by atoms with Crippen molar-refractivity contribution in [1.82, 2.24) is 0 Å². The predicted octanol–water partition coefficient (Wildman–Crippen LogP) is 3.71. The first-order chi connectivity index (χ1) is 5.85. The van der Waals surface area contributed by atoms with Gasteiger partial charge in [0.1, 0.15) is 0 Å². The molecule has 0 aromatic rings. The minimum absolute atomic E-state index is 0.519. The van der Waals surface area contributed by atoms with E-state index in [-0.39, 0.29) is 0 Å². The first-order valence-electron chi connectivity index (χ1n) is 5.85. The molecule has 3 saturated carbocycles. The third-order valence-electron chi connectivity index (χ3n) is 6.29. The lowest BCUT2D eigenvalue weighted by atomic mass is 9.56. The van der Waals surface area contributed by atoms with Crippen LogP contribution in [0.5, 0.6) is 0 Å². The van der Waals surface area contributed by atoms with Crippen LogP contribution in [0.1, 0.15) is 47.5 Å². The Morgan fingerprint density at radius 2 is 1.92 bits per heavy atom. The van der Waals surface area contributed by atoms with Gasteiger partial charge in [0.25, 0.3) is 0 Å². The summed E-state index contributed by atoms with van der Waals surface area (Å²) in [6, 6.07) is 0. The van der Waals surface area contributed by atoms with Gasteiger partial charge in [-0.15, -0.1) is 0 Å². The maximum Gasteiger partial charge on any atom is -0.0171 e. The van der Waals surface area contributed by atoms with E-state index in [1.54, 1.807) is 12.8 Å². The average molecular weight is 178 g/mol. The van der Waals surface area contributed by atoms with Crippen molar-refractivity contribution in [2.75, 3.05) is 0 Å². The van der Waals surface area contributed by atoms with Crippen LogP contribution in [0.15, 0.2) is 0 Å². The largest absolute Gasteiger partial charge is 0.0614 e. The molecule has 0 spiro atoms. The Bertz CT molecular complexity index is 272. The van der Waals surface area contributed by atoms with Gasteiger partial charge in [-0.25, -0.2) is 0 Å². The molecule has 0 saturated heterocycles. The Hall–Kier alpha value is 0. The van der Waals surface area contributed by atoms with Gasteiger partial charge in [-0.1, -0.05) is 34.6 Å². The first-order valence-corrected chi connectivity index (χ1v) is 5.85. The molecule has 3 aliphatic rings. The molecule has 0 N–H and O–H groups in total. The molecule has 0 heteroatoms. The molecular formula is C13H22. The van der Waals surface area contributed by atoms with Crippen LogP contribution in [-0.4, -0.2) is 0 Å². The molecule has 0 heterocycles. The number of fused-ring (bicyclic) bond motifs is 1. The zero-order valence-electron chi connectivity index (χ0n) is 9.65. The number of hydrogen-bond acceptors (Lipinski definition) is 0. The van der Waals surface area contributed by atoms with E-state index in [2.05, 4.69) is 34.6 Å². The van der Waals surface area contributed by atoms with Crippen LogP contribution in [0.3, 0.4) is 0 Å². The summed E-state index contributed by atoms with van der Waals surface area (Å²) in [7, 11) is 0. The van der Waals surface area contributed by atoms with Crippen LogP contribution in [0.25, 0.3) is 0 Å². The first kappa shape index (κ1) is 8.32. The highest BCUT2D eigenvalue weighted by Gasteiger charge is 2.91. The molecule has 3 fully saturated rings. The molecule has 0 radical (unpaired) electrons. The van der Waals surface area contributed by atoms with Crippen LogP contribution in [0, 0.1) is 34.0 Å². The Morgan fingerprint density at radius 1 is 1.31 bits per heavy atom. The van der Waals surface area contributed by atoms with Gasteiger partial charge >= 0.3 is 0 Å². The number of rotatable bonds is 1. The molecule has 5 atom stereocenters. The van der Waals surface area contributed by atoms with Gasteiger partial charge in [-0.2, -0.15) is 0 Å². The maximum atomic E-state index is 2.55. The highest BCUT2D eigenvalue weighted by Crippen LogP contribution is 2.97. The standard InChI is InChI=1S/C13H22/c1-8(11(2,3)4)13-7-9-6-10(13)12(9,13)5/h8-10H,6-7H2,1-5H3. The molecule has 0 bridgehead atoms. The van der Waals surface area contributed by atoms with Crippen LogP contribution in [0.2, 0.25) is 0 Å². The highest BCUT2D eigenvalue weighted by molar-refractivity contribution is 5.39. The fourth-order valence-electron chi connectivity index (χ4n) is 4.99. The van der Waals surface area contributed by atoms with Crippen LogP contribution < -0.4 is 0 Å². The van der Waals surface area contributed by atoms with Crippen molar-refractivity contribution in [3.05, 3.63) is 0 Å². The van der Waals surface area contributed by atoms with E-state index >= 15 is 0 Å². The maximum absolute atomic E-state index is 2.55. The second-order valence-electron chi connectivity index (χ2n) is 7.10. The van der Waals surface area contributed by atoms with Gasteiger partial charge < -0.3 is 0 Å². The van der Waals surface area contributed by atoms with Gasteiger partial charge in [-0.3, -0.25) is 0 Å². The van der Waals surface area contributed by atoms with E-state index in [1.807, 2.05) is 0 Å². The molecule has 74 valence electrons. The van der Waals surface area contributed by atoms with Crippen LogP contribution in [0.4, 0.5) is 0 Å². The Labute approximate surface area is 82.1 Å². The molecule has 3 aliphatic carbocycles. The monoisotopic (exact) mass is 178 g/mol. The summed E-state index contributed by atoms with van der Waals surface area (Å²) in [6.07, 6.45) is 3.13. The summed E-state index contributed by atoms with van der Waals surface area (Å²) in [4.78, 5) is 0. The van der Waals surface area contributed by atoms with E-state index < -0.39 is 0 Å². The van der Waals surface area contributed by atoms with Gasteiger partial charge in [0.2, 0.25) is 0 Å². The Balaban J connectivity index is 1.89. The summed E-state index contributed by atoms with van der Waals surface area (Å²) in [5.41, 5.74) is 2.14. The van der Waals surface area contributed by atoms with Crippen molar-refractivity contribution in [1.29, 1.82) is 0 Å². The highest BCUT2D eigenvalue weighted by atomic mass is 15.0. The molecular weight excluding hydrogens is 156 g/mol. The van der Waals surface area contributed by atoms with Crippen molar-refractivity contribution < 1.29 is 0 Å². The second kappa shape index (κ2) is 1.73. The van der Waals surface area contributed by atoms with E-state index in [1.165, 1.54) is 0 Å². The second-order valence-corrected chi connectivity index (χ2v) is 7.10. The lowest BCUT2D eigenvalue weighted by molar-refractivity contribution is -0.000825. The molecule has 5 unspecified atom stereocenters. The van der Waals surface area contributed by atoms with E-state index in [9.17, 15) is 0 Å². The molecule has 3 rings (SSSR count). The van der Waals surface area contributed by atoms with Crippen molar-refractivity contribution in [3.8, 4) is 0 Å². The zero-order chi connectivity index (χ0) is 9.65. The summed E-state index contributed by atoms with van der Waals surface area (Å²) < 4.78 is 0. The molecule has 0 aromatic heterocycles. The molecule has 13 heavy (non-hydrogen) atoms. The van der Waals surface area contributed by atoms with Gasteiger partial charge in [0, 0.05) is 0 Å².